The van der Waals surface area contributed by atoms with E-state index in [4.69, 9.17) is 4.74 Å². The van der Waals surface area contributed by atoms with E-state index in [1.54, 1.807) is 0 Å². The fourth-order valence-corrected chi connectivity index (χ4v) is 3.79. The van der Waals surface area contributed by atoms with Gasteiger partial charge in [0.25, 0.3) is 0 Å². The number of carbonyl (C=O) groups excluding carboxylic acids is 1. The van der Waals surface area contributed by atoms with E-state index in [1.165, 1.54) is 5.56 Å². The van der Waals surface area contributed by atoms with Crippen molar-refractivity contribution in [2.24, 2.45) is 5.41 Å². The summed E-state index contributed by atoms with van der Waals surface area (Å²) in [6, 6.07) is 4.14. The van der Waals surface area contributed by atoms with Crippen LogP contribution in [0.2, 0.25) is 0 Å². The first-order valence-corrected chi connectivity index (χ1v) is 8.37. The van der Waals surface area contributed by atoms with Gasteiger partial charge in [-0.15, -0.1) is 0 Å². The Morgan fingerprint density at radius 3 is 3.10 bits per heavy atom. The van der Waals surface area contributed by atoms with Crippen LogP contribution in [0.15, 0.2) is 16.6 Å². The van der Waals surface area contributed by atoms with E-state index in [-0.39, 0.29) is 11.3 Å². The molecule has 2 aliphatic rings. The predicted molar refractivity (Wildman–Crippen MR) is 85.4 cm³/mol. The van der Waals surface area contributed by atoms with Crippen molar-refractivity contribution in [2.45, 2.75) is 32.7 Å². The van der Waals surface area contributed by atoms with E-state index >= 15 is 0 Å². The lowest BCUT2D eigenvalue weighted by Gasteiger charge is -2.25. The minimum absolute atomic E-state index is 0.154. The quantitative estimate of drug-likeness (QED) is 0.874. The van der Waals surface area contributed by atoms with Crippen LogP contribution in [0.1, 0.15) is 30.9 Å². The first kappa shape index (κ1) is 14.9. The van der Waals surface area contributed by atoms with E-state index in [9.17, 15) is 4.79 Å². The summed E-state index contributed by atoms with van der Waals surface area (Å²) in [5.41, 5.74) is 2.04. The summed E-state index contributed by atoms with van der Waals surface area (Å²) >= 11 is 3.54. The van der Waals surface area contributed by atoms with Crippen LogP contribution in [-0.2, 0) is 17.8 Å². The Morgan fingerprint density at radius 2 is 2.38 bits per heavy atom. The highest BCUT2D eigenvalue weighted by atomic mass is 79.9. The number of amides is 1. The molecular weight excluding hydrogens is 332 g/mol. The number of ether oxygens (including phenoxy) is 1. The van der Waals surface area contributed by atoms with Gasteiger partial charge in [-0.2, -0.15) is 0 Å². The molecule has 1 aromatic carbocycles. The van der Waals surface area contributed by atoms with E-state index in [0.717, 1.165) is 54.7 Å². The molecule has 1 amide bonds. The first-order valence-electron chi connectivity index (χ1n) is 7.58. The third kappa shape index (κ3) is 2.81. The lowest BCUT2D eigenvalue weighted by molar-refractivity contribution is -0.130. The Bertz CT molecular complexity index is 553. The second-order valence-electron chi connectivity index (χ2n) is 5.89. The van der Waals surface area contributed by atoms with Crippen molar-refractivity contribution in [3.63, 3.8) is 0 Å². The van der Waals surface area contributed by atoms with Crippen molar-refractivity contribution in [1.29, 1.82) is 0 Å². The maximum absolute atomic E-state index is 12.6. The molecule has 3 rings (SSSR count). The summed E-state index contributed by atoms with van der Waals surface area (Å²) < 4.78 is 6.75. The largest absolute Gasteiger partial charge is 0.493 e. The molecule has 1 unspecified atom stereocenters. The third-order valence-corrected chi connectivity index (χ3v) is 5.12. The van der Waals surface area contributed by atoms with Crippen LogP contribution in [0.4, 0.5) is 0 Å². The van der Waals surface area contributed by atoms with Gasteiger partial charge in [-0.3, -0.25) is 4.79 Å². The number of rotatable bonds is 4. The molecule has 0 aliphatic carbocycles. The van der Waals surface area contributed by atoms with E-state index in [0.29, 0.717) is 6.54 Å². The molecule has 1 aromatic rings. The molecule has 0 aromatic heterocycles. The molecule has 2 N–H and O–H groups in total. The molecule has 0 spiro atoms. The molecule has 4 nitrogen and oxygen atoms in total. The van der Waals surface area contributed by atoms with Crippen LogP contribution in [-0.4, -0.2) is 25.6 Å². The topological polar surface area (TPSA) is 50.4 Å². The normalized spacial score (nSPS) is 23.7. The van der Waals surface area contributed by atoms with Gasteiger partial charge >= 0.3 is 0 Å². The van der Waals surface area contributed by atoms with Crippen LogP contribution < -0.4 is 15.4 Å². The third-order valence-electron chi connectivity index (χ3n) is 4.67. The highest BCUT2D eigenvalue weighted by Crippen LogP contribution is 2.34. The average Bonchev–Trinajstić information content (AvgIpc) is 3.13. The monoisotopic (exact) mass is 352 g/mol. The maximum atomic E-state index is 12.6. The van der Waals surface area contributed by atoms with Gasteiger partial charge in [-0.1, -0.05) is 22.9 Å². The minimum atomic E-state index is -0.240. The standard InChI is InChI=1S/C16H21BrN2O2/c1-2-16(4-5-18-10-16)15(20)19-9-12-8-13(17)7-11-3-6-21-14(11)12/h7-8,18H,2-6,9-10H2,1H3,(H,19,20). The SMILES string of the molecule is CCC1(C(=O)NCc2cc(Br)cc3c2OCC3)CCNC1. The molecule has 1 atom stereocenters. The van der Waals surface area contributed by atoms with Crippen molar-refractivity contribution < 1.29 is 9.53 Å². The smallest absolute Gasteiger partial charge is 0.227 e. The lowest BCUT2D eigenvalue weighted by Crippen LogP contribution is -2.41. The molecular formula is C16H21BrN2O2. The van der Waals surface area contributed by atoms with E-state index in [1.807, 2.05) is 6.07 Å². The number of hydrogen-bond donors (Lipinski definition) is 2. The summed E-state index contributed by atoms with van der Waals surface area (Å²) in [4.78, 5) is 12.6. The number of fused-ring (bicyclic) bond motifs is 1. The van der Waals surface area contributed by atoms with Gasteiger partial charge in [0, 0.05) is 29.5 Å². The Kier molecular flexibility index (Phi) is 4.22. The molecule has 5 heteroatoms. The van der Waals surface area contributed by atoms with Crippen molar-refractivity contribution in [1.82, 2.24) is 10.6 Å². The molecule has 21 heavy (non-hydrogen) atoms. The second kappa shape index (κ2) is 5.97. The summed E-state index contributed by atoms with van der Waals surface area (Å²) in [6.07, 6.45) is 2.74. The van der Waals surface area contributed by atoms with Crippen LogP contribution in [0.5, 0.6) is 5.75 Å². The zero-order chi connectivity index (χ0) is 14.9. The Hall–Kier alpha value is -1.07. The fraction of sp³-hybridized carbons (Fsp3) is 0.562. The zero-order valence-electron chi connectivity index (χ0n) is 12.3. The van der Waals surface area contributed by atoms with Gasteiger partial charge in [-0.05, 0) is 37.1 Å². The van der Waals surface area contributed by atoms with Gasteiger partial charge in [0.05, 0.1) is 12.0 Å². The molecule has 114 valence electrons. The van der Waals surface area contributed by atoms with E-state index in [2.05, 4.69) is 39.6 Å². The van der Waals surface area contributed by atoms with Crippen LogP contribution in [0.25, 0.3) is 0 Å². The van der Waals surface area contributed by atoms with Crippen molar-refractivity contribution in [3.8, 4) is 5.75 Å². The molecule has 0 saturated carbocycles. The van der Waals surface area contributed by atoms with Crippen molar-refractivity contribution in [2.75, 3.05) is 19.7 Å². The zero-order valence-corrected chi connectivity index (χ0v) is 13.9. The average molecular weight is 353 g/mol. The number of halogens is 1. The van der Waals surface area contributed by atoms with Crippen LogP contribution in [0, 0.1) is 5.41 Å². The Morgan fingerprint density at radius 1 is 1.52 bits per heavy atom. The first-order chi connectivity index (χ1) is 10.1. The van der Waals surface area contributed by atoms with Gasteiger partial charge in [0.15, 0.2) is 0 Å². The van der Waals surface area contributed by atoms with Crippen molar-refractivity contribution >= 4 is 21.8 Å². The summed E-state index contributed by atoms with van der Waals surface area (Å²) in [5.74, 6) is 1.11. The van der Waals surface area contributed by atoms with Crippen molar-refractivity contribution in [3.05, 3.63) is 27.7 Å². The van der Waals surface area contributed by atoms with Gasteiger partial charge in [0.1, 0.15) is 5.75 Å². The molecule has 2 heterocycles. The molecule has 2 aliphatic heterocycles. The fourth-order valence-electron chi connectivity index (χ4n) is 3.24. The molecule has 1 fully saturated rings. The maximum Gasteiger partial charge on any atom is 0.227 e. The molecule has 0 bridgehead atoms. The highest BCUT2D eigenvalue weighted by molar-refractivity contribution is 9.10. The van der Waals surface area contributed by atoms with Gasteiger partial charge in [0.2, 0.25) is 5.91 Å². The highest BCUT2D eigenvalue weighted by Gasteiger charge is 2.39. The Labute approximate surface area is 133 Å². The number of nitrogens with one attached hydrogen (secondary N) is 2. The lowest BCUT2D eigenvalue weighted by atomic mass is 9.83. The number of hydrogen-bond acceptors (Lipinski definition) is 3. The minimum Gasteiger partial charge on any atom is -0.493 e. The van der Waals surface area contributed by atoms with Gasteiger partial charge in [-0.25, -0.2) is 0 Å². The molecule has 0 radical (unpaired) electrons. The number of carbonyl (C=O) groups is 1. The van der Waals surface area contributed by atoms with Crippen LogP contribution in [0.3, 0.4) is 0 Å². The molecule has 1 saturated heterocycles. The van der Waals surface area contributed by atoms with Gasteiger partial charge < -0.3 is 15.4 Å². The number of benzene rings is 1. The Balaban J connectivity index is 1.72. The second-order valence-corrected chi connectivity index (χ2v) is 6.81. The summed E-state index contributed by atoms with van der Waals surface area (Å²) in [5, 5.41) is 6.41. The summed E-state index contributed by atoms with van der Waals surface area (Å²) in [6.45, 7) is 5.06. The summed E-state index contributed by atoms with van der Waals surface area (Å²) in [7, 11) is 0. The predicted octanol–water partition coefficient (Wildman–Crippen LogP) is 2.39. The van der Waals surface area contributed by atoms with Crippen LogP contribution >= 0.6 is 15.9 Å². The van der Waals surface area contributed by atoms with E-state index < -0.39 is 0 Å².